The van der Waals surface area contributed by atoms with Gasteiger partial charge in [-0.05, 0) is 50.3 Å². The van der Waals surface area contributed by atoms with Crippen LogP contribution in [-0.4, -0.2) is 71.3 Å². The first kappa shape index (κ1) is 26.1. The molecule has 3 heterocycles. The molecule has 3 fully saturated rings. The zero-order chi connectivity index (χ0) is 26.3. The Kier molecular flexibility index (Phi) is 7.12. The SMILES string of the molecule is C=CCOC(=O)[C@@H]1[C@H]2C(=O)N(CCO)C(C(=O)N(CC=C)c3cc(C)ccc3C)C23CC[C@@]1(CC)O3. The maximum Gasteiger partial charge on any atom is 0.313 e. The van der Waals surface area contributed by atoms with Crippen molar-refractivity contribution in [3.8, 4) is 0 Å². The van der Waals surface area contributed by atoms with Gasteiger partial charge in [0.1, 0.15) is 24.2 Å². The number of ether oxygens (including phenoxy) is 2. The van der Waals surface area contributed by atoms with Crippen molar-refractivity contribution in [2.45, 2.75) is 57.3 Å². The van der Waals surface area contributed by atoms with Crippen LogP contribution in [0.25, 0.3) is 0 Å². The van der Waals surface area contributed by atoms with Gasteiger partial charge in [-0.2, -0.15) is 0 Å². The number of benzene rings is 1. The average Bonchev–Trinajstić information content (AvgIpc) is 3.46. The molecule has 194 valence electrons. The molecule has 5 atom stereocenters. The first-order valence-electron chi connectivity index (χ1n) is 12.6. The molecule has 2 unspecified atom stereocenters. The van der Waals surface area contributed by atoms with Gasteiger partial charge in [0.15, 0.2) is 0 Å². The maximum absolute atomic E-state index is 14.4. The molecule has 3 aliphatic rings. The molecule has 36 heavy (non-hydrogen) atoms. The molecule has 2 amide bonds. The number of aryl methyl sites for hydroxylation is 2. The lowest BCUT2D eigenvalue weighted by molar-refractivity contribution is -0.160. The van der Waals surface area contributed by atoms with Crippen molar-refractivity contribution in [3.05, 3.63) is 54.6 Å². The molecule has 0 radical (unpaired) electrons. The third-order valence-electron chi connectivity index (χ3n) is 8.09. The average molecular weight is 497 g/mol. The lowest BCUT2D eigenvalue weighted by Gasteiger charge is -2.37. The Hall–Kier alpha value is -2.97. The van der Waals surface area contributed by atoms with Gasteiger partial charge < -0.3 is 24.4 Å². The highest BCUT2D eigenvalue weighted by molar-refractivity contribution is 6.05. The Morgan fingerprint density at radius 3 is 2.67 bits per heavy atom. The number of nitrogens with zero attached hydrogens (tertiary/aromatic N) is 2. The van der Waals surface area contributed by atoms with Gasteiger partial charge in [-0.3, -0.25) is 14.4 Å². The molecule has 8 heteroatoms. The van der Waals surface area contributed by atoms with Crippen LogP contribution in [-0.2, 0) is 23.9 Å². The largest absolute Gasteiger partial charge is 0.461 e. The Morgan fingerprint density at radius 1 is 1.28 bits per heavy atom. The van der Waals surface area contributed by atoms with Gasteiger partial charge >= 0.3 is 5.97 Å². The normalized spacial score (nSPS) is 30.3. The van der Waals surface area contributed by atoms with Gasteiger partial charge in [0.05, 0.1) is 18.1 Å². The van der Waals surface area contributed by atoms with Crippen molar-refractivity contribution in [2.24, 2.45) is 11.8 Å². The van der Waals surface area contributed by atoms with Gasteiger partial charge in [-0.1, -0.05) is 37.8 Å². The molecule has 1 aromatic carbocycles. The van der Waals surface area contributed by atoms with Crippen LogP contribution < -0.4 is 4.90 Å². The highest BCUT2D eigenvalue weighted by Gasteiger charge is 2.79. The molecular formula is C28H36N2O6. The lowest BCUT2D eigenvalue weighted by atomic mass is 9.65. The molecule has 4 rings (SSSR count). The van der Waals surface area contributed by atoms with Crippen molar-refractivity contribution < 1.29 is 29.0 Å². The Balaban J connectivity index is 1.82. The minimum absolute atomic E-state index is 0.0286. The number of hydrogen-bond donors (Lipinski definition) is 1. The number of esters is 1. The van der Waals surface area contributed by atoms with E-state index in [2.05, 4.69) is 13.2 Å². The summed E-state index contributed by atoms with van der Waals surface area (Å²) in [7, 11) is 0. The summed E-state index contributed by atoms with van der Waals surface area (Å²) in [6, 6.07) is 4.89. The first-order chi connectivity index (χ1) is 17.2. The highest BCUT2D eigenvalue weighted by atomic mass is 16.6. The van der Waals surface area contributed by atoms with E-state index in [-0.39, 0.29) is 38.1 Å². The monoisotopic (exact) mass is 496 g/mol. The van der Waals surface area contributed by atoms with E-state index in [4.69, 9.17) is 9.47 Å². The number of fused-ring (bicyclic) bond motifs is 1. The van der Waals surface area contributed by atoms with Crippen molar-refractivity contribution in [1.82, 2.24) is 4.90 Å². The van der Waals surface area contributed by atoms with E-state index in [0.717, 1.165) is 16.8 Å². The first-order valence-corrected chi connectivity index (χ1v) is 12.6. The fourth-order valence-electron chi connectivity index (χ4n) is 6.53. The topological polar surface area (TPSA) is 96.4 Å². The van der Waals surface area contributed by atoms with Crippen LogP contribution in [0.1, 0.15) is 37.3 Å². The molecule has 3 aliphatic heterocycles. The summed E-state index contributed by atoms with van der Waals surface area (Å²) < 4.78 is 12.1. The summed E-state index contributed by atoms with van der Waals surface area (Å²) in [5, 5.41) is 9.82. The van der Waals surface area contributed by atoms with E-state index >= 15 is 0 Å². The van der Waals surface area contributed by atoms with Gasteiger partial charge in [0.2, 0.25) is 5.91 Å². The number of aliphatic hydroxyl groups is 1. The van der Waals surface area contributed by atoms with E-state index in [1.807, 2.05) is 39.0 Å². The number of hydrogen-bond acceptors (Lipinski definition) is 6. The summed E-state index contributed by atoms with van der Waals surface area (Å²) >= 11 is 0. The van der Waals surface area contributed by atoms with Crippen LogP contribution in [0, 0.1) is 25.7 Å². The van der Waals surface area contributed by atoms with Crippen LogP contribution in [0.3, 0.4) is 0 Å². The molecule has 0 aromatic heterocycles. The lowest BCUT2D eigenvalue weighted by Crippen LogP contribution is -2.57. The maximum atomic E-state index is 14.4. The molecular weight excluding hydrogens is 460 g/mol. The standard InChI is InChI=1S/C28H36N2O6/c1-6-13-29(20-17-18(4)9-10-19(20)5)25(33)23-28-12-11-27(8-3,36-28)22(26(34)35-16-7-2)21(28)24(32)30(23)14-15-31/h6-7,9-10,17,21-23,31H,1-2,8,11-16H2,3-5H3/t21-,22-,23?,27+,28?/m0/s1. The second-order valence-electron chi connectivity index (χ2n) is 10.0. The molecule has 1 N–H and O–H groups in total. The van der Waals surface area contributed by atoms with E-state index in [0.29, 0.717) is 19.3 Å². The molecule has 3 saturated heterocycles. The van der Waals surface area contributed by atoms with E-state index in [1.165, 1.54) is 11.0 Å². The van der Waals surface area contributed by atoms with Gasteiger partial charge in [-0.25, -0.2) is 0 Å². The number of β-amino-alcohol motifs (C(OH)–C–C–N with tert-alkyl or cyclic N) is 1. The smallest absolute Gasteiger partial charge is 0.313 e. The fraction of sp³-hybridized carbons (Fsp3) is 0.536. The minimum atomic E-state index is -1.17. The zero-order valence-corrected chi connectivity index (χ0v) is 21.4. The summed E-state index contributed by atoms with van der Waals surface area (Å²) in [5.41, 5.74) is 0.599. The second kappa shape index (κ2) is 9.82. The number of rotatable bonds is 10. The van der Waals surface area contributed by atoms with Gasteiger partial charge in [-0.15, -0.1) is 6.58 Å². The second-order valence-corrected chi connectivity index (χ2v) is 10.0. The van der Waals surface area contributed by atoms with E-state index < -0.39 is 35.0 Å². The quantitative estimate of drug-likeness (QED) is 0.395. The number of carbonyl (C=O) groups excluding carboxylic acids is 3. The van der Waals surface area contributed by atoms with Crippen molar-refractivity contribution >= 4 is 23.5 Å². The van der Waals surface area contributed by atoms with Crippen molar-refractivity contribution in [3.63, 3.8) is 0 Å². The van der Waals surface area contributed by atoms with E-state index in [9.17, 15) is 19.5 Å². The number of amides is 2. The summed E-state index contributed by atoms with van der Waals surface area (Å²) in [4.78, 5) is 44.6. The third-order valence-corrected chi connectivity index (χ3v) is 8.09. The number of carbonyl (C=O) groups is 3. The molecule has 1 aromatic rings. The van der Waals surface area contributed by atoms with Crippen molar-refractivity contribution in [2.75, 3.05) is 31.2 Å². The summed E-state index contributed by atoms with van der Waals surface area (Å²) in [5.74, 6) is -2.84. The Morgan fingerprint density at radius 2 is 2.03 bits per heavy atom. The fourth-order valence-corrected chi connectivity index (χ4v) is 6.53. The predicted molar refractivity (Wildman–Crippen MR) is 135 cm³/mol. The van der Waals surface area contributed by atoms with E-state index in [1.54, 1.807) is 11.0 Å². The minimum Gasteiger partial charge on any atom is -0.461 e. The van der Waals surface area contributed by atoms with Crippen molar-refractivity contribution in [1.29, 1.82) is 0 Å². The zero-order valence-electron chi connectivity index (χ0n) is 21.4. The number of anilines is 1. The molecule has 1 spiro atoms. The summed E-state index contributed by atoms with van der Waals surface area (Å²) in [6.07, 6.45) is 4.66. The number of aliphatic hydroxyl groups excluding tert-OH is 1. The molecule has 8 nitrogen and oxygen atoms in total. The van der Waals surface area contributed by atoms with Gasteiger partial charge in [0, 0.05) is 18.8 Å². The molecule has 0 aliphatic carbocycles. The molecule has 0 saturated carbocycles. The predicted octanol–water partition coefficient (Wildman–Crippen LogP) is 2.70. The van der Waals surface area contributed by atoms with Crippen LogP contribution in [0.2, 0.25) is 0 Å². The van der Waals surface area contributed by atoms with Crippen LogP contribution in [0.15, 0.2) is 43.5 Å². The molecule has 2 bridgehead atoms. The van der Waals surface area contributed by atoms with Crippen LogP contribution in [0.5, 0.6) is 0 Å². The van der Waals surface area contributed by atoms with Gasteiger partial charge in [0.25, 0.3) is 5.91 Å². The third kappa shape index (κ3) is 3.78. The Labute approximate surface area is 212 Å². The Bertz CT molecular complexity index is 1090. The summed E-state index contributed by atoms with van der Waals surface area (Å²) in [6.45, 7) is 13.2. The van der Waals surface area contributed by atoms with Crippen LogP contribution >= 0.6 is 0 Å². The highest BCUT2D eigenvalue weighted by Crippen LogP contribution is 2.64. The van der Waals surface area contributed by atoms with Crippen LogP contribution in [0.4, 0.5) is 5.69 Å². The number of likely N-dealkylation sites (tertiary alicyclic amines) is 1.